The Balaban J connectivity index is 1.60. The van der Waals surface area contributed by atoms with Crippen LogP contribution in [0, 0.1) is 0 Å². The van der Waals surface area contributed by atoms with Gasteiger partial charge >= 0.3 is 0 Å². The van der Waals surface area contributed by atoms with Crippen molar-refractivity contribution in [1.82, 2.24) is 29.3 Å². The first kappa shape index (κ1) is 23.6. The van der Waals surface area contributed by atoms with E-state index < -0.39 is 0 Å². The number of pyridine rings is 1. The van der Waals surface area contributed by atoms with Crippen molar-refractivity contribution in [2.24, 2.45) is 0 Å². The summed E-state index contributed by atoms with van der Waals surface area (Å²) in [4.78, 5) is 21.8. The second-order valence-electron chi connectivity index (χ2n) is 9.03. The largest absolute Gasteiger partial charge is 0.303 e. The second kappa shape index (κ2) is 10.7. The fraction of sp³-hybridized carbons (Fsp3) is 0.407. The van der Waals surface area contributed by atoms with E-state index in [2.05, 4.69) is 34.0 Å². The first-order chi connectivity index (χ1) is 17.2. The molecule has 0 aliphatic carbocycles. The van der Waals surface area contributed by atoms with E-state index in [0.29, 0.717) is 11.2 Å². The Morgan fingerprint density at radius 1 is 0.943 bits per heavy atom. The lowest BCUT2D eigenvalue weighted by Crippen LogP contribution is -2.29. The number of unbranched alkanes of at least 4 members (excludes halogenated alkanes) is 2. The first-order valence-corrected chi connectivity index (χ1v) is 13.5. The number of hydrogen-bond acceptors (Lipinski definition) is 6. The summed E-state index contributed by atoms with van der Waals surface area (Å²) in [6, 6.07) is 13.9. The fourth-order valence-electron chi connectivity index (χ4n) is 4.70. The zero-order valence-electron chi connectivity index (χ0n) is 20.5. The predicted molar refractivity (Wildman–Crippen MR) is 144 cm³/mol. The summed E-state index contributed by atoms with van der Waals surface area (Å²) >= 11 is 1.44. The minimum Gasteiger partial charge on any atom is -0.303 e. The van der Waals surface area contributed by atoms with Gasteiger partial charge in [-0.3, -0.25) is 9.36 Å². The summed E-state index contributed by atoms with van der Waals surface area (Å²) < 4.78 is 4.42. The molecule has 0 fully saturated rings. The summed E-state index contributed by atoms with van der Waals surface area (Å²) in [7, 11) is 0. The van der Waals surface area contributed by atoms with Crippen LogP contribution in [-0.2, 0) is 6.54 Å². The molecule has 5 aromatic rings. The Labute approximate surface area is 209 Å². The molecule has 4 heterocycles. The van der Waals surface area contributed by atoms with E-state index in [1.165, 1.54) is 37.0 Å². The van der Waals surface area contributed by atoms with E-state index in [9.17, 15) is 4.79 Å². The molecule has 1 aromatic carbocycles. The molecular formula is C27H32N6OS. The zero-order chi connectivity index (χ0) is 24.2. The zero-order valence-corrected chi connectivity index (χ0v) is 21.3. The Hall–Kier alpha value is -3.10. The molecule has 8 heteroatoms. The average Bonchev–Trinajstić information content (AvgIpc) is 3.50. The monoisotopic (exact) mass is 488 g/mol. The highest BCUT2D eigenvalue weighted by molar-refractivity contribution is 7.25. The summed E-state index contributed by atoms with van der Waals surface area (Å²) in [6.07, 6.45) is 7.48. The van der Waals surface area contributed by atoms with Gasteiger partial charge in [0.2, 0.25) is 0 Å². The molecule has 0 aliphatic rings. The van der Waals surface area contributed by atoms with Gasteiger partial charge < -0.3 is 4.90 Å². The smallest absolute Gasteiger partial charge is 0.271 e. The van der Waals surface area contributed by atoms with E-state index >= 15 is 0 Å². The van der Waals surface area contributed by atoms with Gasteiger partial charge in [0.15, 0.2) is 5.65 Å². The summed E-state index contributed by atoms with van der Waals surface area (Å²) in [6.45, 7) is 8.31. The van der Waals surface area contributed by atoms with Crippen molar-refractivity contribution in [3.05, 3.63) is 59.0 Å². The predicted octanol–water partition coefficient (Wildman–Crippen LogP) is 5.61. The van der Waals surface area contributed by atoms with Gasteiger partial charge in [0.1, 0.15) is 20.7 Å². The lowest BCUT2D eigenvalue weighted by Gasteiger charge is -2.22. The minimum absolute atomic E-state index is 0.0173. The molecule has 0 bridgehead atoms. The first-order valence-electron chi connectivity index (χ1n) is 12.7. The number of aryl methyl sites for hydroxylation is 1. The molecule has 0 spiro atoms. The van der Waals surface area contributed by atoms with Crippen molar-refractivity contribution in [2.75, 3.05) is 19.6 Å². The minimum atomic E-state index is 0.0173. The molecule has 0 saturated heterocycles. The maximum Gasteiger partial charge on any atom is 0.271 e. The highest BCUT2D eigenvalue weighted by atomic mass is 32.1. The van der Waals surface area contributed by atoms with Gasteiger partial charge in [-0.05, 0) is 51.0 Å². The van der Waals surface area contributed by atoms with Crippen molar-refractivity contribution in [3.63, 3.8) is 0 Å². The number of hydrogen-bond donors (Lipinski definition) is 0. The van der Waals surface area contributed by atoms with Crippen LogP contribution < -0.4 is 5.56 Å². The number of benzene rings is 1. The Kier molecular flexibility index (Phi) is 7.20. The summed E-state index contributed by atoms with van der Waals surface area (Å²) in [5.74, 6) is 0. The Morgan fingerprint density at radius 3 is 2.43 bits per heavy atom. The molecule has 182 valence electrons. The Bertz CT molecular complexity index is 1480. The van der Waals surface area contributed by atoms with E-state index in [1.54, 1.807) is 6.20 Å². The standard InChI is InChI=1S/C27H32N6OS/c1-3-5-16-31(17-6-4-2)18-11-19-32-26-22(20-12-8-7-9-13-20)29-30-33(26)23-21-14-10-15-28-25(21)35-24(23)27(32)34/h7-10,12-15H,3-6,11,16-19H2,1-2H3. The van der Waals surface area contributed by atoms with Crippen LogP contribution in [0.5, 0.6) is 0 Å². The van der Waals surface area contributed by atoms with Crippen molar-refractivity contribution >= 4 is 37.4 Å². The third kappa shape index (κ3) is 4.60. The third-order valence-electron chi connectivity index (χ3n) is 6.55. The van der Waals surface area contributed by atoms with Gasteiger partial charge in [-0.2, -0.15) is 4.52 Å². The van der Waals surface area contributed by atoms with Crippen LogP contribution in [0.4, 0.5) is 0 Å². The van der Waals surface area contributed by atoms with Crippen molar-refractivity contribution in [2.45, 2.75) is 52.5 Å². The van der Waals surface area contributed by atoms with Gasteiger partial charge in [-0.1, -0.05) is 62.2 Å². The molecule has 35 heavy (non-hydrogen) atoms. The van der Waals surface area contributed by atoms with Gasteiger partial charge in [0.25, 0.3) is 5.56 Å². The van der Waals surface area contributed by atoms with Gasteiger partial charge in [-0.15, -0.1) is 16.4 Å². The number of nitrogens with zero attached hydrogens (tertiary/aromatic N) is 6. The van der Waals surface area contributed by atoms with Gasteiger partial charge in [0, 0.05) is 23.7 Å². The van der Waals surface area contributed by atoms with Crippen LogP contribution >= 0.6 is 11.3 Å². The molecule has 0 aliphatic heterocycles. The van der Waals surface area contributed by atoms with E-state index in [-0.39, 0.29) is 5.56 Å². The molecule has 4 aromatic heterocycles. The molecule has 5 rings (SSSR count). The molecule has 0 amide bonds. The van der Waals surface area contributed by atoms with Crippen LogP contribution in [0.3, 0.4) is 0 Å². The average molecular weight is 489 g/mol. The van der Waals surface area contributed by atoms with Gasteiger partial charge in [-0.25, -0.2) is 4.98 Å². The summed E-state index contributed by atoms with van der Waals surface area (Å²) in [5, 5.41) is 10.0. The number of aromatic nitrogens is 5. The van der Waals surface area contributed by atoms with Crippen LogP contribution in [-0.4, -0.2) is 48.9 Å². The highest BCUT2D eigenvalue weighted by Crippen LogP contribution is 2.32. The quantitative estimate of drug-likeness (QED) is 0.242. The molecule has 0 N–H and O–H groups in total. The normalized spacial score (nSPS) is 12.0. The van der Waals surface area contributed by atoms with Crippen molar-refractivity contribution < 1.29 is 0 Å². The fourth-order valence-corrected chi connectivity index (χ4v) is 5.78. The van der Waals surface area contributed by atoms with Crippen LogP contribution in [0.15, 0.2) is 53.5 Å². The molecule has 0 atom stereocenters. The topological polar surface area (TPSA) is 68.3 Å². The summed E-state index contributed by atoms with van der Waals surface area (Å²) in [5.41, 5.74) is 3.27. The van der Waals surface area contributed by atoms with Crippen molar-refractivity contribution in [3.8, 4) is 11.3 Å². The molecule has 7 nitrogen and oxygen atoms in total. The lowest BCUT2D eigenvalue weighted by molar-refractivity contribution is 0.257. The maximum atomic E-state index is 13.9. The van der Waals surface area contributed by atoms with E-state index in [1.807, 2.05) is 51.5 Å². The molecule has 0 radical (unpaired) electrons. The molecular weight excluding hydrogens is 456 g/mol. The molecule has 0 saturated carbocycles. The number of fused-ring (bicyclic) bond motifs is 5. The lowest BCUT2D eigenvalue weighted by atomic mass is 10.1. The van der Waals surface area contributed by atoms with E-state index in [0.717, 1.165) is 58.7 Å². The number of rotatable bonds is 11. The third-order valence-corrected chi connectivity index (χ3v) is 7.64. The van der Waals surface area contributed by atoms with E-state index in [4.69, 9.17) is 0 Å². The van der Waals surface area contributed by atoms with Crippen LogP contribution in [0.25, 0.3) is 37.3 Å². The second-order valence-corrected chi connectivity index (χ2v) is 10.0. The van der Waals surface area contributed by atoms with Gasteiger partial charge in [0.05, 0.1) is 0 Å². The van der Waals surface area contributed by atoms with Crippen LogP contribution in [0.2, 0.25) is 0 Å². The van der Waals surface area contributed by atoms with Crippen molar-refractivity contribution in [1.29, 1.82) is 0 Å². The Morgan fingerprint density at radius 2 is 1.69 bits per heavy atom. The number of thiophene rings is 1. The van der Waals surface area contributed by atoms with Crippen LogP contribution in [0.1, 0.15) is 46.0 Å². The maximum absolute atomic E-state index is 13.9. The molecule has 0 unspecified atom stereocenters. The highest BCUT2D eigenvalue weighted by Gasteiger charge is 2.22. The SMILES string of the molecule is CCCCN(CCCC)CCCn1c(=O)c2sc3ncccc3c2n2nnc(-c3ccccc3)c12.